The molecule has 21 heavy (non-hydrogen) atoms. The lowest BCUT2D eigenvalue weighted by Gasteiger charge is -2.11. The van der Waals surface area contributed by atoms with Gasteiger partial charge in [0.1, 0.15) is 0 Å². The first-order valence-corrected chi connectivity index (χ1v) is 9.63. The summed E-state index contributed by atoms with van der Waals surface area (Å²) in [6, 6.07) is 5.43. The molecule has 0 unspecified atom stereocenters. The van der Waals surface area contributed by atoms with Crippen LogP contribution in [-0.2, 0) is 16.6 Å². The predicted octanol–water partition coefficient (Wildman–Crippen LogP) is 3.27. The predicted molar refractivity (Wildman–Crippen MR) is 90.8 cm³/mol. The van der Waals surface area contributed by atoms with Gasteiger partial charge in [0.15, 0.2) is 0 Å². The van der Waals surface area contributed by atoms with E-state index in [0.29, 0.717) is 28.4 Å². The molecular formula is C15H25BrN2O2S. The Labute approximate surface area is 136 Å². The molecule has 0 aliphatic carbocycles. The lowest BCUT2D eigenvalue weighted by Crippen LogP contribution is -2.25. The van der Waals surface area contributed by atoms with Gasteiger partial charge in [-0.3, -0.25) is 0 Å². The Morgan fingerprint density at radius 1 is 1.29 bits per heavy atom. The summed E-state index contributed by atoms with van der Waals surface area (Å²) in [4.78, 5) is 0.308. The average Bonchev–Trinajstić information content (AvgIpc) is 2.42. The number of hydrogen-bond acceptors (Lipinski definition) is 3. The maximum Gasteiger partial charge on any atom is 0.241 e. The number of halogens is 1. The van der Waals surface area contributed by atoms with Crippen molar-refractivity contribution in [2.75, 3.05) is 13.1 Å². The molecule has 0 fully saturated rings. The van der Waals surface area contributed by atoms with Crippen LogP contribution in [0, 0.1) is 5.92 Å². The van der Waals surface area contributed by atoms with E-state index in [1.54, 1.807) is 12.1 Å². The maximum atomic E-state index is 12.4. The van der Waals surface area contributed by atoms with Crippen LogP contribution in [0.15, 0.2) is 27.6 Å². The normalized spacial score (nSPS) is 12.0. The smallest absolute Gasteiger partial charge is 0.241 e. The van der Waals surface area contributed by atoms with Gasteiger partial charge in [0.25, 0.3) is 0 Å². The second kappa shape index (κ2) is 8.88. The monoisotopic (exact) mass is 376 g/mol. The fraction of sp³-hybridized carbons (Fsp3) is 0.600. The molecule has 0 saturated heterocycles. The van der Waals surface area contributed by atoms with Gasteiger partial charge in [-0.15, -0.1) is 0 Å². The SMILES string of the molecule is CCNCc1ccc(Br)c(S(=O)(=O)NCCCC(C)C)c1. The Balaban J connectivity index is 2.76. The Morgan fingerprint density at radius 2 is 2.00 bits per heavy atom. The average molecular weight is 377 g/mol. The first kappa shape index (κ1) is 18.6. The van der Waals surface area contributed by atoms with Gasteiger partial charge in [0.2, 0.25) is 10.0 Å². The highest BCUT2D eigenvalue weighted by atomic mass is 79.9. The van der Waals surface area contributed by atoms with Crippen molar-refractivity contribution in [1.82, 2.24) is 10.0 Å². The Kier molecular flexibility index (Phi) is 7.87. The van der Waals surface area contributed by atoms with Crippen molar-refractivity contribution in [3.8, 4) is 0 Å². The number of sulfonamides is 1. The van der Waals surface area contributed by atoms with Crippen LogP contribution in [0.2, 0.25) is 0 Å². The number of hydrogen-bond donors (Lipinski definition) is 2. The first-order valence-electron chi connectivity index (χ1n) is 7.35. The Hall–Kier alpha value is -0.430. The summed E-state index contributed by atoms with van der Waals surface area (Å²) >= 11 is 3.33. The maximum absolute atomic E-state index is 12.4. The third-order valence-corrected chi connectivity index (χ3v) is 5.57. The molecule has 1 aromatic rings. The standard InChI is InChI=1S/C15H25BrN2O2S/c1-4-17-11-13-7-8-14(16)15(10-13)21(19,20)18-9-5-6-12(2)3/h7-8,10,12,17-18H,4-6,9,11H2,1-3H3. The van der Waals surface area contributed by atoms with Crippen molar-refractivity contribution < 1.29 is 8.42 Å². The highest BCUT2D eigenvalue weighted by Gasteiger charge is 2.17. The number of rotatable bonds is 9. The van der Waals surface area contributed by atoms with E-state index in [-0.39, 0.29) is 0 Å². The van der Waals surface area contributed by atoms with E-state index >= 15 is 0 Å². The molecule has 120 valence electrons. The van der Waals surface area contributed by atoms with E-state index in [1.807, 2.05) is 13.0 Å². The Morgan fingerprint density at radius 3 is 2.62 bits per heavy atom. The molecule has 2 N–H and O–H groups in total. The molecule has 0 heterocycles. The highest BCUT2D eigenvalue weighted by Crippen LogP contribution is 2.23. The molecule has 0 aromatic heterocycles. The molecule has 0 saturated carbocycles. The summed E-state index contributed by atoms with van der Waals surface area (Å²) in [6.45, 7) is 8.28. The van der Waals surface area contributed by atoms with E-state index in [0.717, 1.165) is 24.9 Å². The fourth-order valence-electron chi connectivity index (χ4n) is 1.93. The second-order valence-corrected chi connectivity index (χ2v) is 8.07. The van der Waals surface area contributed by atoms with E-state index in [4.69, 9.17) is 0 Å². The second-order valence-electron chi connectivity index (χ2n) is 5.48. The van der Waals surface area contributed by atoms with Gasteiger partial charge in [0, 0.05) is 17.6 Å². The number of nitrogens with one attached hydrogen (secondary N) is 2. The van der Waals surface area contributed by atoms with Crippen molar-refractivity contribution in [2.24, 2.45) is 5.92 Å². The molecule has 0 aliphatic heterocycles. The summed E-state index contributed by atoms with van der Waals surface area (Å²) in [5, 5.41) is 3.20. The van der Waals surface area contributed by atoms with E-state index in [9.17, 15) is 8.42 Å². The Bertz CT molecular complexity index is 545. The summed E-state index contributed by atoms with van der Waals surface area (Å²) in [6.07, 6.45) is 1.87. The van der Waals surface area contributed by atoms with E-state index in [2.05, 4.69) is 39.8 Å². The van der Waals surface area contributed by atoms with Gasteiger partial charge in [-0.05, 0) is 58.9 Å². The quantitative estimate of drug-likeness (QED) is 0.650. The van der Waals surface area contributed by atoms with Crippen LogP contribution in [0.3, 0.4) is 0 Å². The lowest BCUT2D eigenvalue weighted by molar-refractivity contribution is 0.539. The zero-order chi connectivity index (χ0) is 15.9. The van der Waals surface area contributed by atoms with Crippen LogP contribution in [0.1, 0.15) is 39.2 Å². The van der Waals surface area contributed by atoms with Crippen LogP contribution >= 0.6 is 15.9 Å². The molecule has 1 aromatic carbocycles. The molecular weight excluding hydrogens is 352 g/mol. The summed E-state index contributed by atoms with van der Waals surface area (Å²) < 4.78 is 28.0. The lowest BCUT2D eigenvalue weighted by atomic mass is 10.1. The summed E-state index contributed by atoms with van der Waals surface area (Å²) in [5.74, 6) is 0.588. The molecule has 0 radical (unpaired) electrons. The first-order chi connectivity index (χ1) is 9.86. The van der Waals surface area contributed by atoms with Gasteiger partial charge in [-0.25, -0.2) is 13.1 Å². The largest absolute Gasteiger partial charge is 0.313 e. The van der Waals surface area contributed by atoms with Crippen LogP contribution in [-0.4, -0.2) is 21.5 Å². The minimum absolute atomic E-state index is 0.308. The molecule has 4 nitrogen and oxygen atoms in total. The van der Waals surface area contributed by atoms with E-state index < -0.39 is 10.0 Å². The van der Waals surface area contributed by atoms with Gasteiger partial charge < -0.3 is 5.32 Å². The summed E-state index contributed by atoms with van der Waals surface area (Å²) in [7, 11) is -3.46. The minimum atomic E-state index is -3.46. The zero-order valence-electron chi connectivity index (χ0n) is 12.9. The third kappa shape index (κ3) is 6.46. The molecule has 0 amide bonds. The van der Waals surface area contributed by atoms with Crippen molar-refractivity contribution in [2.45, 2.75) is 45.1 Å². The van der Waals surface area contributed by atoms with Crippen LogP contribution in [0.25, 0.3) is 0 Å². The van der Waals surface area contributed by atoms with Gasteiger partial charge in [0.05, 0.1) is 4.90 Å². The van der Waals surface area contributed by atoms with Crippen molar-refractivity contribution >= 4 is 26.0 Å². The van der Waals surface area contributed by atoms with E-state index in [1.165, 1.54) is 0 Å². The highest BCUT2D eigenvalue weighted by molar-refractivity contribution is 9.10. The van der Waals surface area contributed by atoms with Crippen molar-refractivity contribution in [3.05, 3.63) is 28.2 Å². The molecule has 0 spiro atoms. The van der Waals surface area contributed by atoms with Gasteiger partial charge in [-0.2, -0.15) is 0 Å². The minimum Gasteiger partial charge on any atom is -0.313 e. The van der Waals surface area contributed by atoms with Gasteiger partial charge in [-0.1, -0.05) is 26.8 Å². The summed E-state index contributed by atoms with van der Waals surface area (Å²) in [5.41, 5.74) is 0.961. The zero-order valence-corrected chi connectivity index (χ0v) is 15.4. The molecule has 0 atom stereocenters. The third-order valence-electron chi connectivity index (χ3n) is 3.11. The fourth-order valence-corrected chi connectivity index (χ4v) is 4.01. The number of benzene rings is 1. The van der Waals surface area contributed by atoms with Crippen molar-refractivity contribution in [3.63, 3.8) is 0 Å². The molecule has 0 aliphatic rings. The molecule has 6 heteroatoms. The van der Waals surface area contributed by atoms with Crippen LogP contribution in [0.4, 0.5) is 0 Å². The van der Waals surface area contributed by atoms with Crippen LogP contribution < -0.4 is 10.0 Å². The van der Waals surface area contributed by atoms with Crippen LogP contribution in [0.5, 0.6) is 0 Å². The molecule has 1 rings (SSSR count). The topological polar surface area (TPSA) is 58.2 Å². The molecule has 0 bridgehead atoms. The van der Waals surface area contributed by atoms with Crippen molar-refractivity contribution in [1.29, 1.82) is 0 Å². The van der Waals surface area contributed by atoms with Gasteiger partial charge >= 0.3 is 0 Å².